The van der Waals surface area contributed by atoms with Gasteiger partial charge in [0.05, 0.1) is 6.61 Å². The van der Waals surface area contributed by atoms with Gasteiger partial charge in [0.25, 0.3) is 5.91 Å². The number of likely N-dealkylation sites (tertiary alicyclic amines) is 1. The fraction of sp³-hybridized carbons (Fsp3) is 0.538. The molecule has 6 heteroatoms. The van der Waals surface area contributed by atoms with Gasteiger partial charge in [-0.25, -0.2) is 10.8 Å². The van der Waals surface area contributed by atoms with Crippen LogP contribution < -0.4 is 11.3 Å². The lowest BCUT2D eigenvalue weighted by molar-refractivity contribution is 0.0571. The number of hydrogen-bond acceptors (Lipinski definition) is 5. The molecule has 1 aliphatic rings. The molecular weight excluding hydrogens is 244 g/mol. The highest BCUT2D eigenvalue weighted by Gasteiger charge is 2.24. The molecule has 3 N–H and O–H groups in total. The highest BCUT2D eigenvalue weighted by Crippen LogP contribution is 2.19. The molecule has 0 aliphatic carbocycles. The number of carbonyl (C=O) groups excluding carboxylic acids is 1. The number of pyridine rings is 1. The summed E-state index contributed by atoms with van der Waals surface area (Å²) >= 11 is 0. The minimum Gasteiger partial charge on any atom is -0.384 e. The van der Waals surface area contributed by atoms with Crippen molar-refractivity contribution in [2.45, 2.75) is 12.8 Å². The first kappa shape index (κ1) is 13.8. The lowest BCUT2D eigenvalue weighted by atomic mass is 9.98. The molecule has 0 saturated carbocycles. The van der Waals surface area contributed by atoms with Gasteiger partial charge in [-0.2, -0.15) is 0 Å². The second-order valence-electron chi connectivity index (χ2n) is 4.79. The molecule has 1 amide bonds. The summed E-state index contributed by atoms with van der Waals surface area (Å²) in [4.78, 5) is 18.3. The molecule has 1 fully saturated rings. The van der Waals surface area contributed by atoms with Crippen molar-refractivity contribution in [1.29, 1.82) is 0 Å². The lowest BCUT2D eigenvalue weighted by Gasteiger charge is -2.32. The Morgan fingerprint density at radius 2 is 2.53 bits per heavy atom. The quantitative estimate of drug-likeness (QED) is 0.623. The molecule has 0 bridgehead atoms. The monoisotopic (exact) mass is 264 g/mol. The Morgan fingerprint density at radius 1 is 1.68 bits per heavy atom. The normalized spacial score (nSPS) is 19.3. The molecule has 0 radical (unpaired) electrons. The maximum atomic E-state index is 12.4. The van der Waals surface area contributed by atoms with E-state index >= 15 is 0 Å². The zero-order chi connectivity index (χ0) is 13.7. The number of rotatable bonds is 4. The smallest absolute Gasteiger partial charge is 0.254 e. The van der Waals surface area contributed by atoms with E-state index < -0.39 is 0 Å². The lowest BCUT2D eigenvalue weighted by Crippen LogP contribution is -2.41. The third-order valence-electron chi connectivity index (χ3n) is 3.36. The van der Waals surface area contributed by atoms with Crippen molar-refractivity contribution in [3.63, 3.8) is 0 Å². The summed E-state index contributed by atoms with van der Waals surface area (Å²) in [6.07, 6.45) is 3.72. The largest absolute Gasteiger partial charge is 0.384 e. The number of aromatic nitrogens is 1. The standard InChI is InChI=1S/C13H20N4O2/c1-19-9-10-3-2-6-17(8-10)13(18)11-4-5-15-12(7-11)16-14/h4-5,7,10H,2-3,6,8-9,14H2,1H3,(H,15,16). The minimum atomic E-state index is 0.0275. The number of nitrogen functional groups attached to an aromatic ring is 1. The van der Waals surface area contributed by atoms with Crippen molar-refractivity contribution in [3.05, 3.63) is 23.9 Å². The van der Waals surface area contributed by atoms with Gasteiger partial charge in [-0.05, 0) is 30.9 Å². The number of amides is 1. The van der Waals surface area contributed by atoms with Crippen LogP contribution in [0.4, 0.5) is 5.82 Å². The van der Waals surface area contributed by atoms with Crippen LogP contribution >= 0.6 is 0 Å². The van der Waals surface area contributed by atoms with E-state index in [0.717, 1.165) is 25.9 Å². The molecule has 104 valence electrons. The molecule has 1 unspecified atom stereocenters. The molecule has 0 spiro atoms. The molecule has 1 aromatic rings. The van der Waals surface area contributed by atoms with Gasteiger partial charge in [-0.3, -0.25) is 4.79 Å². The average Bonchev–Trinajstić information content (AvgIpc) is 2.47. The summed E-state index contributed by atoms with van der Waals surface area (Å²) in [5.41, 5.74) is 3.06. The Kier molecular flexibility index (Phi) is 4.70. The Morgan fingerprint density at radius 3 is 3.26 bits per heavy atom. The fourth-order valence-corrected chi connectivity index (χ4v) is 2.45. The van der Waals surface area contributed by atoms with E-state index in [0.29, 0.717) is 23.9 Å². The number of hydrazine groups is 1. The van der Waals surface area contributed by atoms with E-state index in [4.69, 9.17) is 10.6 Å². The predicted molar refractivity (Wildman–Crippen MR) is 72.6 cm³/mol. The van der Waals surface area contributed by atoms with Crippen molar-refractivity contribution < 1.29 is 9.53 Å². The number of methoxy groups -OCH3 is 1. The van der Waals surface area contributed by atoms with E-state index in [1.54, 1.807) is 25.4 Å². The zero-order valence-electron chi connectivity index (χ0n) is 11.1. The number of nitrogens with two attached hydrogens (primary N) is 1. The molecule has 1 saturated heterocycles. The SMILES string of the molecule is COCC1CCCN(C(=O)c2ccnc(NN)c2)C1. The first-order valence-corrected chi connectivity index (χ1v) is 6.45. The fourth-order valence-electron chi connectivity index (χ4n) is 2.45. The molecular formula is C13H20N4O2. The van der Waals surface area contributed by atoms with Crippen LogP contribution in [0.3, 0.4) is 0 Å². The molecule has 1 aromatic heterocycles. The topological polar surface area (TPSA) is 80.5 Å². The third kappa shape index (κ3) is 3.42. The highest BCUT2D eigenvalue weighted by molar-refractivity contribution is 5.94. The van der Waals surface area contributed by atoms with Gasteiger partial charge in [0.15, 0.2) is 0 Å². The number of nitrogens with zero attached hydrogens (tertiary/aromatic N) is 2. The molecule has 2 heterocycles. The van der Waals surface area contributed by atoms with Gasteiger partial charge in [0.2, 0.25) is 0 Å². The Bertz CT molecular complexity index is 436. The van der Waals surface area contributed by atoms with E-state index in [-0.39, 0.29) is 5.91 Å². The van der Waals surface area contributed by atoms with Crippen LogP contribution in [0.2, 0.25) is 0 Å². The van der Waals surface area contributed by atoms with Crippen LogP contribution in [0.15, 0.2) is 18.3 Å². The molecule has 1 atom stereocenters. The first-order valence-electron chi connectivity index (χ1n) is 6.45. The number of anilines is 1. The summed E-state index contributed by atoms with van der Waals surface area (Å²) in [6, 6.07) is 3.38. The maximum Gasteiger partial charge on any atom is 0.254 e. The van der Waals surface area contributed by atoms with E-state index in [2.05, 4.69) is 10.4 Å². The van der Waals surface area contributed by atoms with Gasteiger partial charge in [-0.15, -0.1) is 0 Å². The maximum absolute atomic E-state index is 12.4. The van der Waals surface area contributed by atoms with Crippen molar-refractivity contribution in [2.75, 3.05) is 32.2 Å². The van der Waals surface area contributed by atoms with Gasteiger partial charge in [0, 0.05) is 32.0 Å². The van der Waals surface area contributed by atoms with Crippen LogP contribution in [0.25, 0.3) is 0 Å². The van der Waals surface area contributed by atoms with Crippen LogP contribution in [-0.4, -0.2) is 42.6 Å². The minimum absolute atomic E-state index is 0.0275. The number of carbonyl (C=O) groups is 1. The predicted octanol–water partition coefficient (Wildman–Crippen LogP) is 0.866. The Labute approximate surface area is 112 Å². The van der Waals surface area contributed by atoms with Crippen molar-refractivity contribution in [2.24, 2.45) is 11.8 Å². The number of ether oxygens (including phenoxy) is 1. The molecule has 2 rings (SSSR count). The number of nitrogens with one attached hydrogen (secondary N) is 1. The summed E-state index contributed by atoms with van der Waals surface area (Å²) < 4.78 is 5.18. The molecule has 0 aromatic carbocycles. The van der Waals surface area contributed by atoms with E-state index in [9.17, 15) is 4.79 Å². The van der Waals surface area contributed by atoms with Crippen molar-refractivity contribution >= 4 is 11.7 Å². The van der Waals surface area contributed by atoms with Crippen molar-refractivity contribution in [1.82, 2.24) is 9.88 Å². The highest BCUT2D eigenvalue weighted by atomic mass is 16.5. The van der Waals surface area contributed by atoms with Gasteiger partial charge < -0.3 is 15.1 Å². The van der Waals surface area contributed by atoms with Gasteiger partial charge in [0.1, 0.15) is 5.82 Å². The number of hydrogen-bond donors (Lipinski definition) is 2. The second-order valence-corrected chi connectivity index (χ2v) is 4.79. The van der Waals surface area contributed by atoms with Crippen LogP contribution in [-0.2, 0) is 4.74 Å². The van der Waals surface area contributed by atoms with Gasteiger partial charge >= 0.3 is 0 Å². The summed E-state index contributed by atoms with van der Waals surface area (Å²) in [6.45, 7) is 2.25. The molecule has 1 aliphatic heterocycles. The summed E-state index contributed by atoms with van der Waals surface area (Å²) in [5, 5.41) is 0. The summed E-state index contributed by atoms with van der Waals surface area (Å²) in [5.74, 6) is 6.26. The van der Waals surface area contributed by atoms with Crippen LogP contribution in [0.5, 0.6) is 0 Å². The van der Waals surface area contributed by atoms with Crippen molar-refractivity contribution in [3.8, 4) is 0 Å². The van der Waals surface area contributed by atoms with E-state index in [1.165, 1.54) is 0 Å². The first-order chi connectivity index (χ1) is 9.24. The van der Waals surface area contributed by atoms with Crippen LogP contribution in [0.1, 0.15) is 23.2 Å². The average molecular weight is 264 g/mol. The second kappa shape index (κ2) is 6.49. The third-order valence-corrected chi connectivity index (χ3v) is 3.36. The molecule has 6 nitrogen and oxygen atoms in total. The summed E-state index contributed by atoms with van der Waals surface area (Å²) in [7, 11) is 1.70. The van der Waals surface area contributed by atoms with E-state index in [1.807, 2.05) is 4.90 Å². The number of piperidine rings is 1. The Balaban J connectivity index is 2.05. The zero-order valence-corrected chi connectivity index (χ0v) is 11.1. The Hall–Kier alpha value is -1.66. The van der Waals surface area contributed by atoms with Crippen LogP contribution in [0, 0.1) is 5.92 Å². The van der Waals surface area contributed by atoms with Gasteiger partial charge in [-0.1, -0.05) is 0 Å². The molecule has 19 heavy (non-hydrogen) atoms.